The Morgan fingerprint density at radius 1 is 1.17 bits per heavy atom. The molecule has 152 valence electrons. The van der Waals surface area contributed by atoms with Gasteiger partial charge in [-0.05, 0) is 48.6 Å². The molecule has 6 rings (SSSR count). The van der Waals surface area contributed by atoms with Crippen molar-refractivity contribution in [3.63, 3.8) is 0 Å². The van der Waals surface area contributed by atoms with Crippen molar-refractivity contribution in [1.29, 1.82) is 0 Å². The fourth-order valence-corrected chi connectivity index (χ4v) is 4.45. The molecule has 0 radical (unpaired) electrons. The lowest BCUT2D eigenvalue weighted by Crippen LogP contribution is -2.24. The van der Waals surface area contributed by atoms with Crippen LogP contribution < -0.4 is 14.8 Å². The lowest BCUT2D eigenvalue weighted by Gasteiger charge is -2.07. The molecule has 0 bridgehead atoms. The van der Waals surface area contributed by atoms with Crippen LogP contribution in [0.4, 0.5) is 8.78 Å². The molecule has 8 heteroatoms. The molecule has 2 atom stereocenters. The summed E-state index contributed by atoms with van der Waals surface area (Å²) in [5.41, 5.74) is 3.08. The SMILES string of the molecule is O=C(NCc1ccc2c(c1)OCO2)c1nn(-c2ccc(F)cc2F)c2c1C[C@H]1C[C@@H]21. The Hall–Kier alpha value is -3.42. The number of rotatable bonds is 4. The van der Waals surface area contributed by atoms with Gasteiger partial charge in [0.25, 0.3) is 5.91 Å². The largest absolute Gasteiger partial charge is 0.454 e. The summed E-state index contributed by atoms with van der Waals surface area (Å²) in [6, 6.07) is 8.89. The summed E-state index contributed by atoms with van der Waals surface area (Å²) < 4.78 is 39.9. The second kappa shape index (κ2) is 6.29. The van der Waals surface area contributed by atoms with Crippen molar-refractivity contribution >= 4 is 5.91 Å². The number of amides is 1. The van der Waals surface area contributed by atoms with Gasteiger partial charge in [-0.3, -0.25) is 4.79 Å². The topological polar surface area (TPSA) is 65.4 Å². The molecule has 2 heterocycles. The molecule has 1 saturated carbocycles. The average Bonchev–Trinajstić information content (AvgIpc) is 3.07. The smallest absolute Gasteiger partial charge is 0.272 e. The Balaban J connectivity index is 1.29. The van der Waals surface area contributed by atoms with Crippen LogP contribution in [0.1, 0.15) is 39.6 Å². The summed E-state index contributed by atoms with van der Waals surface area (Å²) >= 11 is 0. The van der Waals surface area contributed by atoms with Crippen LogP contribution in [0.25, 0.3) is 5.69 Å². The highest BCUT2D eigenvalue weighted by molar-refractivity contribution is 5.94. The highest BCUT2D eigenvalue weighted by Gasteiger charge is 2.50. The number of nitrogens with zero attached hydrogens (tertiary/aromatic N) is 2. The summed E-state index contributed by atoms with van der Waals surface area (Å²) in [6.45, 7) is 0.492. The lowest BCUT2D eigenvalue weighted by molar-refractivity contribution is 0.0944. The zero-order valence-electron chi connectivity index (χ0n) is 15.8. The van der Waals surface area contributed by atoms with Gasteiger partial charge < -0.3 is 14.8 Å². The highest BCUT2D eigenvalue weighted by Crippen LogP contribution is 2.57. The third-order valence-electron chi connectivity index (χ3n) is 6.01. The number of hydrogen-bond acceptors (Lipinski definition) is 4. The van der Waals surface area contributed by atoms with Gasteiger partial charge in [0.1, 0.15) is 11.5 Å². The number of benzene rings is 2. The van der Waals surface area contributed by atoms with Crippen LogP contribution in [-0.2, 0) is 13.0 Å². The van der Waals surface area contributed by atoms with Gasteiger partial charge in [-0.2, -0.15) is 5.10 Å². The van der Waals surface area contributed by atoms with Crippen molar-refractivity contribution in [1.82, 2.24) is 15.1 Å². The Labute approximate surface area is 170 Å². The van der Waals surface area contributed by atoms with Crippen LogP contribution in [0.3, 0.4) is 0 Å². The second-order valence-electron chi connectivity index (χ2n) is 7.90. The molecule has 0 unspecified atom stereocenters. The number of carbonyl (C=O) groups excluding carboxylic acids is 1. The third-order valence-corrected chi connectivity index (χ3v) is 6.01. The van der Waals surface area contributed by atoms with Gasteiger partial charge in [0, 0.05) is 24.1 Å². The fourth-order valence-electron chi connectivity index (χ4n) is 4.45. The third kappa shape index (κ3) is 2.67. The number of fused-ring (bicyclic) bond motifs is 4. The molecule has 3 aromatic rings. The fraction of sp³-hybridized carbons (Fsp3) is 0.273. The summed E-state index contributed by atoms with van der Waals surface area (Å²) in [5, 5.41) is 7.33. The van der Waals surface area contributed by atoms with Crippen LogP contribution >= 0.6 is 0 Å². The van der Waals surface area contributed by atoms with Crippen molar-refractivity contribution in [2.45, 2.75) is 25.3 Å². The minimum absolute atomic E-state index is 0.162. The zero-order valence-corrected chi connectivity index (χ0v) is 15.8. The molecule has 2 aromatic carbocycles. The number of carbonyl (C=O) groups is 1. The predicted octanol–water partition coefficient (Wildman–Crippen LogP) is 3.47. The van der Waals surface area contributed by atoms with Gasteiger partial charge in [-0.15, -0.1) is 0 Å². The zero-order chi connectivity index (χ0) is 20.4. The van der Waals surface area contributed by atoms with Crippen LogP contribution in [0.15, 0.2) is 36.4 Å². The number of hydrogen-bond donors (Lipinski definition) is 1. The maximum absolute atomic E-state index is 14.4. The van der Waals surface area contributed by atoms with Crippen molar-refractivity contribution in [3.05, 3.63) is 70.5 Å². The van der Waals surface area contributed by atoms with Crippen molar-refractivity contribution in [2.24, 2.45) is 5.92 Å². The van der Waals surface area contributed by atoms with Crippen LogP contribution in [-0.4, -0.2) is 22.5 Å². The summed E-state index contributed by atoms with van der Waals surface area (Å²) in [5.74, 6) is 0.441. The van der Waals surface area contributed by atoms with E-state index in [-0.39, 0.29) is 24.3 Å². The summed E-state index contributed by atoms with van der Waals surface area (Å²) in [4.78, 5) is 12.9. The summed E-state index contributed by atoms with van der Waals surface area (Å²) in [7, 11) is 0. The van der Waals surface area contributed by atoms with E-state index >= 15 is 0 Å². The molecule has 0 saturated heterocycles. The predicted molar refractivity (Wildman–Crippen MR) is 102 cm³/mol. The molecular formula is C22H17F2N3O3. The highest BCUT2D eigenvalue weighted by atomic mass is 19.1. The minimum Gasteiger partial charge on any atom is -0.454 e. The maximum Gasteiger partial charge on any atom is 0.272 e. The molecule has 6 nitrogen and oxygen atoms in total. The Morgan fingerprint density at radius 2 is 2.03 bits per heavy atom. The Bertz CT molecular complexity index is 1210. The second-order valence-corrected chi connectivity index (χ2v) is 7.90. The van der Waals surface area contributed by atoms with Crippen LogP contribution in [0.2, 0.25) is 0 Å². The van der Waals surface area contributed by atoms with Gasteiger partial charge in [-0.1, -0.05) is 6.07 Å². The quantitative estimate of drug-likeness (QED) is 0.717. The molecule has 1 aliphatic heterocycles. The lowest BCUT2D eigenvalue weighted by atomic mass is 10.1. The number of ether oxygens (including phenoxy) is 2. The van der Waals surface area contributed by atoms with E-state index in [0.29, 0.717) is 29.7 Å². The van der Waals surface area contributed by atoms with E-state index in [1.54, 1.807) is 6.07 Å². The normalized spacial score (nSPS) is 20.1. The van der Waals surface area contributed by atoms with E-state index in [1.165, 1.54) is 16.8 Å². The van der Waals surface area contributed by atoms with Gasteiger partial charge in [0.05, 0.1) is 5.69 Å². The first-order chi connectivity index (χ1) is 14.6. The molecule has 3 aliphatic rings. The first kappa shape index (κ1) is 17.4. The molecule has 2 aliphatic carbocycles. The van der Waals surface area contributed by atoms with E-state index in [4.69, 9.17) is 9.47 Å². The van der Waals surface area contributed by atoms with Gasteiger partial charge >= 0.3 is 0 Å². The van der Waals surface area contributed by atoms with Crippen molar-refractivity contribution in [3.8, 4) is 17.2 Å². The van der Waals surface area contributed by atoms with Gasteiger partial charge in [0.15, 0.2) is 23.0 Å². The van der Waals surface area contributed by atoms with Gasteiger partial charge in [-0.25, -0.2) is 13.5 Å². The van der Waals surface area contributed by atoms with Gasteiger partial charge in [0.2, 0.25) is 6.79 Å². The molecular weight excluding hydrogens is 392 g/mol. The molecule has 30 heavy (non-hydrogen) atoms. The van der Waals surface area contributed by atoms with Crippen molar-refractivity contribution < 1.29 is 23.0 Å². The molecule has 1 amide bonds. The van der Waals surface area contributed by atoms with E-state index in [1.807, 2.05) is 12.1 Å². The van der Waals surface area contributed by atoms with E-state index in [0.717, 1.165) is 35.7 Å². The van der Waals surface area contributed by atoms with Crippen molar-refractivity contribution in [2.75, 3.05) is 6.79 Å². The molecule has 1 N–H and O–H groups in total. The first-order valence-electron chi connectivity index (χ1n) is 9.82. The van der Waals surface area contributed by atoms with E-state index in [2.05, 4.69) is 10.4 Å². The maximum atomic E-state index is 14.4. The molecule has 1 aromatic heterocycles. The van der Waals surface area contributed by atoms with Crippen LogP contribution in [0.5, 0.6) is 11.5 Å². The standard InChI is InChI=1S/C22H17F2N3O3/c23-13-2-3-17(16(24)8-13)27-21-14-6-12(14)7-15(21)20(26-27)22(28)25-9-11-1-4-18-19(5-11)30-10-29-18/h1-5,8,12,14H,6-7,9-10H2,(H,25,28)/t12-,14-/m1/s1. The summed E-state index contributed by atoms with van der Waals surface area (Å²) in [6.07, 6.45) is 1.77. The molecule has 1 fully saturated rings. The Morgan fingerprint density at radius 3 is 2.90 bits per heavy atom. The molecule has 0 spiro atoms. The number of halogens is 2. The number of aromatic nitrogens is 2. The number of nitrogens with one attached hydrogen (secondary N) is 1. The van der Waals surface area contributed by atoms with Crippen LogP contribution in [0, 0.1) is 17.6 Å². The van der Waals surface area contributed by atoms with E-state index in [9.17, 15) is 13.6 Å². The first-order valence-corrected chi connectivity index (χ1v) is 9.82. The van der Waals surface area contributed by atoms with E-state index < -0.39 is 11.6 Å². The Kier molecular flexibility index (Phi) is 3.65. The minimum atomic E-state index is -0.697. The average molecular weight is 409 g/mol. The monoisotopic (exact) mass is 409 g/mol.